The highest BCUT2D eigenvalue weighted by molar-refractivity contribution is 5.88. The van der Waals surface area contributed by atoms with E-state index >= 15 is 0 Å². The highest BCUT2D eigenvalue weighted by Crippen LogP contribution is 2.39. The summed E-state index contributed by atoms with van der Waals surface area (Å²) in [5, 5.41) is 9.76. The van der Waals surface area contributed by atoms with E-state index in [0.29, 0.717) is 35.7 Å². The van der Waals surface area contributed by atoms with E-state index in [2.05, 4.69) is 0 Å². The summed E-state index contributed by atoms with van der Waals surface area (Å²) in [4.78, 5) is 26.1. The average molecular weight is 365 g/mol. The van der Waals surface area contributed by atoms with Crippen LogP contribution in [0.1, 0.15) is 37.7 Å². The maximum absolute atomic E-state index is 12.8. The Morgan fingerprint density at radius 1 is 1.04 bits per heavy atom. The molecule has 2 rings (SSSR count). The van der Waals surface area contributed by atoms with Gasteiger partial charge >= 0.3 is 5.97 Å². The molecule has 0 atom stereocenters. The molecule has 1 N–H and O–H groups in total. The van der Waals surface area contributed by atoms with Crippen LogP contribution in [-0.2, 0) is 16.0 Å². The summed E-state index contributed by atoms with van der Waals surface area (Å²) in [5.74, 6) is 0.196. The standard InChI is InChI=1S/C19H27NO6/c1-20(19(18(22)23)8-6-5-7-9-19)16(21)12-13-10-14(24-2)17(26-4)15(11-13)25-3/h10-11H,5-9,12H2,1-4H3,(H,22,23). The summed E-state index contributed by atoms with van der Waals surface area (Å²) < 4.78 is 15.9. The first-order valence-electron chi connectivity index (χ1n) is 8.68. The molecule has 7 nitrogen and oxygen atoms in total. The number of nitrogens with zero attached hydrogens (tertiary/aromatic N) is 1. The summed E-state index contributed by atoms with van der Waals surface area (Å²) in [5.41, 5.74) is -0.441. The molecule has 144 valence electrons. The molecule has 1 aliphatic rings. The van der Waals surface area contributed by atoms with Crippen LogP contribution in [0.5, 0.6) is 17.2 Å². The molecule has 7 heteroatoms. The highest BCUT2D eigenvalue weighted by Gasteiger charge is 2.45. The first-order valence-corrected chi connectivity index (χ1v) is 8.68. The number of amides is 1. The fraction of sp³-hybridized carbons (Fsp3) is 0.579. The molecular formula is C19H27NO6. The van der Waals surface area contributed by atoms with Gasteiger partial charge in [0.05, 0.1) is 27.8 Å². The van der Waals surface area contributed by atoms with Crippen LogP contribution >= 0.6 is 0 Å². The van der Waals surface area contributed by atoms with Crippen molar-refractivity contribution in [2.45, 2.75) is 44.1 Å². The average Bonchev–Trinajstić information content (AvgIpc) is 2.66. The topological polar surface area (TPSA) is 85.3 Å². The number of rotatable bonds is 7. The Balaban J connectivity index is 2.27. The number of carbonyl (C=O) groups excluding carboxylic acids is 1. The molecular weight excluding hydrogens is 338 g/mol. The first kappa shape index (κ1) is 19.9. The molecule has 1 fully saturated rings. The van der Waals surface area contributed by atoms with E-state index in [-0.39, 0.29) is 12.3 Å². The van der Waals surface area contributed by atoms with Crippen molar-refractivity contribution < 1.29 is 28.9 Å². The second-order valence-corrected chi connectivity index (χ2v) is 6.56. The third-order valence-corrected chi connectivity index (χ3v) is 5.17. The van der Waals surface area contributed by atoms with Crippen LogP contribution < -0.4 is 14.2 Å². The molecule has 1 aliphatic carbocycles. The lowest BCUT2D eigenvalue weighted by Crippen LogP contribution is -2.56. The Morgan fingerprint density at radius 3 is 2.00 bits per heavy atom. The minimum atomic E-state index is -1.12. The molecule has 0 aromatic heterocycles. The lowest BCUT2D eigenvalue weighted by molar-refractivity contribution is -0.160. The van der Waals surface area contributed by atoms with Gasteiger partial charge in [0, 0.05) is 7.05 Å². The van der Waals surface area contributed by atoms with Crippen molar-refractivity contribution in [3.8, 4) is 17.2 Å². The fourth-order valence-corrected chi connectivity index (χ4v) is 3.60. The van der Waals surface area contributed by atoms with Crippen molar-refractivity contribution >= 4 is 11.9 Å². The number of carbonyl (C=O) groups is 2. The number of likely N-dealkylation sites (N-methyl/N-ethyl adjacent to an activating group) is 1. The molecule has 0 radical (unpaired) electrons. The lowest BCUT2D eigenvalue weighted by Gasteiger charge is -2.41. The second-order valence-electron chi connectivity index (χ2n) is 6.56. The van der Waals surface area contributed by atoms with Gasteiger partial charge in [-0.15, -0.1) is 0 Å². The van der Waals surface area contributed by atoms with Crippen LogP contribution in [-0.4, -0.2) is 55.8 Å². The third kappa shape index (κ3) is 3.71. The number of aliphatic carboxylic acids is 1. The summed E-state index contributed by atoms with van der Waals surface area (Å²) in [6, 6.07) is 3.42. The minimum Gasteiger partial charge on any atom is -0.493 e. The maximum Gasteiger partial charge on any atom is 0.329 e. The summed E-state index contributed by atoms with van der Waals surface area (Å²) in [7, 11) is 6.12. The second kappa shape index (κ2) is 8.29. The van der Waals surface area contributed by atoms with Crippen LogP contribution in [0.15, 0.2) is 12.1 Å². The van der Waals surface area contributed by atoms with E-state index < -0.39 is 11.5 Å². The Labute approximate surface area is 153 Å². The van der Waals surface area contributed by atoms with E-state index in [1.54, 1.807) is 19.2 Å². The van der Waals surface area contributed by atoms with Gasteiger partial charge in [-0.3, -0.25) is 4.79 Å². The first-order chi connectivity index (χ1) is 12.4. The molecule has 0 heterocycles. The van der Waals surface area contributed by atoms with Crippen molar-refractivity contribution in [3.63, 3.8) is 0 Å². The number of methoxy groups -OCH3 is 3. The number of hydrogen-bond acceptors (Lipinski definition) is 5. The zero-order chi connectivity index (χ0) is 19.3. The molecule has 26 heavy (non-hydrogen) atoms. The van der Waals surface area contributed by atoms with Gasteiger partial charge in [-0.1, -0.05) is 19.3 Å². The summed E-state index contributed by atoms with van der Waals surface area (Å²) in [6.45, 7) is 0. The molecule has 1 aromatic rings. The maximum atomic E-state index is 12.8. The van der Waals surface area contributed by atoms with Crippen LogP contribution in [0.25, 0.3) is 0 Å². The Kier molecular flexibility index (Phi) is 6.34. The van der Waals surface area contributed by atoms with Gasteiger partial charge in [0.1, 0.15) is 5.54 Å². The van der Waals surface area contributed by atoms with Gasteiger partial charge in [0.15, 0.2) is 11.5 Å². The molecule has 0 bridgehead atoms. The Morgan fingerprint density at radius 2 is 1.58 bits per heavy atom. The molecule has 1 saturated carbocycles. The lowest BCUT2D eigenvalue weighted by atomic mass is 9.80. The SMILES string of the molecule is COc1cc(CC(=O)N(C)C2(C(=O)O)CCCCC2)cc(OC)c1OC. The van der Waals surface area contributed by atoms with Crippen LogP contribution in [0.3, 0.4) is 0 Å². The minimum absolute atomic E-state index is 0.0578. The van der Waals surface area contributed by atoms with E-state index in [0.717, 1.165) is 19.3 Å². The Hall–Kier alpha value is -2.44. The monoisotopic (exact) mass is 365 g/mol. The smallest absolute Gasteiger partial charge is 0.329 e. The molecule has 0 saturated heterocycles. The van der Waals surface area contributed by atoms with Gasteiger partial charge < -0.3 is 24.2 Å². The largest absolute Gasteiger partial charge is 0.493 e. The Bertz CT molecular complexity index is 641. The van der Waals surface area contributed by atoms with E-state index in [1.165, 1.54) is 26.2 Å². The van der Waals surface area contributed by atoms with Crippen molar-refractivity contribution in [3.05, 3.63) is 17.7 Å². The van der Waals surface area contributed by atoms with Gasteiger partial charge in [-0.25, -0.2) is 4.79 Å². The van der Waals surface area contributed by atoms with E-state index in [4.69, 9.17) is 14.2 Å². The van der Waals surface area contributed by atoms with Crippen LogP contribution in [0.2, 0.25) is 0 Å². The normalized spacial score (nSPS) is 15.8. The molecule has 0 spiro atoms. The van der Waals surface area contributed by atoms with Crippen molar-refractivity contribution in [1.82, 2.24) is 4.90 Å². The van der Waals surface area contributed by atoms with Crippen molar-refractivity contribution in [2.75, 3.05) is 28.4 Å². The van der Waals surface area contributed by atoms with Gasteiger partial charge in [-0.2, -0.15) is 0 Å². The number of ether oxygens (including phenoxy) is 3. The zero-order valence-electron chi connectivity index (χ0n) is 15.8. The highest BCUT2D eigenvalue weighted by atomic mass is 16.5. The predicted molar refractivity (Wildman–Crippen MR) is 96.0 cm³/mol. The molecule has 1 amide bonds. The fourth-order valence-electron chi connectivity index (χ4n) is 3.60. The van der Waals surface area contributed by atoms with Crippen LogP contribution in [0, 0.1) is 0 Å². The third-order valence-electron chi connectivity index (χ3n) is 5.17. The number of carboxylic acids is 1. The quantitative estimate of drug-likeness (QED) is 0.799. The molecule has 1 aromatic carbocycles. The number of hydrogen-bond donors (Lipinski definition) is 1. The summed E-state index contributed by atoms with van der Waals surface area (Å²) in [6.07, 6.45) is 3.66. The van der Waals surface area contributed by atoms with Crippen LogP contribution in [0.4, 0.5) is 0 Å². The van der Waals surface area contributed by atoms with Gasteiger partial charge in [0.25, 0.3) is 0 Å². The van der Waals surface area contributed by atoms with Crippen molar-refractivity contribution in [1.29, 1.82) is 0 Å². The molecule has 0 aliphatic heterocycles. The summed E-state index contributed by atoms with van der Waals surface area (Å²) >= 11 is 0. The predicted octanol–water partition coefficient (Wildman–Crippen LogP) is 2.50. The van der Waals surface area contributed by atoms with Crippen molar-refractivity contribution in [2.24, 2.45) is 0 Å². The zero-order valence-corrected chi connectivity index (χ0v) is 15.8. The van der Waals surface area contributed by atoms with Gasteiger partial charge in [0.2, 0.25) is 11.7 Å². The van der Waals surface area contributed by atoms with Gasteiger partial charge in [-0.05, 0) is 30.5 Å². The number of carboxylic acid groups (broad SMARTS) is 1. The van der Waals surface area contributed by atoms with E-state index in [9.17, 15) is 14.7 Å². The van der Waals surface area contributed by atoms with E-state index in [1.807, 2.05) is 0 Å². The molecule has 0 unspecified atom stereocenters. The number of benzene rings is 1.